The van der Waals surface area contributed by atoms with Crippen molar-refractivity contribution in [1.82, 2.24) is 4.90 Å². The maximum absolute atomic E-state index is 12.7. The van der Waals surface area contributed by atoms with Crippen molar-refractivity contribution in [1.29, 1.82) is 0 Å². The van der Waals surface area contributed by atoms with Gasteiger partial charge in [0.1, 0.15) is 0 Å². The lowest BCUT2D eigenvalue weighted by Gasteiger charge is -2.22. The molecule has 0 spiro atoms. The Morgan fingerprint density at radius 3 is 2.47 bits per heavy atom. The van der Waals surface area contributed by atoms with Gasteiger partial charge in [0.05, 0.1) is 25.5 Å². The first-order valence-electron chi connectivity index (χ1n) is 10.5. The van der Waals surface area contributed by atoms with Gasteiger partial charge in [-0.3, -0.25) is 9.59 Å². The van der Waals surface area contributed by atoms with Crippen LogP contribution < -0.4 is 14.4 Å². The number of nitrogens with zero attached hydrogens (tertiary/aromatic N) is 2. The highest BCUT2D eigenvalue weighted by Crippen LogP contribution is 2.28. The van der Waals surface area contributed by atoms with E-state index in [4.69, 9.17) is 14.2 Å². The molecule has 3 rings (SSSR count). The molecule has 32 heavy (non-hydrogen) atoms. The number of amides is 2. The summed E-state index contributed by atoms with van der Waals surface area (Å²) in [5, 5.41) is 0. The topological polar surface area (TPSA) is 85.4 Å². The smallest absolute Gasteiger partial charge is 0.340 e. The summed E-state index contributed by atoms with van der Waals surface area (Å²) in [6.07, 6.45) is 1.21. The third kappa shape index (κ3) is 5.19. The van der Waals surface area contributed by atoms with Crippen molar-refractivity contribution in [3.05, 3.63) is 53.6 Å². The lowest BCUT2D eigenvalue weighted by molar-refractivity contribution is -0.135. The number of hydrogen-bond acceptors (Lipinski definition) is 6. The Morgan fingerprint density at radius 1 is 1.06 bits per heavy atom. The number of ether oxygens (including phenoxy) is 3. The van der Waals surface area contributed by atoms with Crippen molar-refractivity contribution >= 4 is 23.5 Å². The molecule has 0 saturated carbocycles. The van der Waals surface area contributed by atoms with Crippen molar-refractivity contribution in [3.63, 3.8) is 0 Å². The average molecular weight is 440 g/mol. The zero-order chi connectivity index (χ0) is 23.1. The van der Waals surface area contributed by atoms with E-state index in [0.29, 0.717) is 43.2 Å². The zero-order valence-electron chi connectivity index (χ0n) is 18.6. The normalized spacial score (nSPS) is 13.1. The number of benzene rings is 2. The molecule has 0 atom stereocenters. The van der Waals surface area contributed by atoms with Gasteiger partial charge >= 0.3 is 5.97 Å². The summed E-state index contributed by atoms with van der Waals surface area (Å²) in [7, 11) is 3.11. The minimum Gasteiger partial charge on any atom is -0.493 e. The largest absolute Gasteiger partial charge is 0.493 e. The molecule has 0 aliphatic carbocycles. The van der Waals surface area contributed by atoms with Crippen molar-refractivity contribution in [2.45, 2.75) is 26.3 Å². The Balaban J connectivity index is 1.64. The molecule has 1 aliphatic rings. The summed E-state index contributed by atoms with van der Waals surface area (Å²) >= 11 is 0. The maximum Gasteiger partial charge on any atom is 0.340 e. The van der Waals surface area contributed by atoms with Crippen molar-refractivity contribution in [2.75, 3.05) is 38.8 Å². The molecule has 1 heterocycles. The lowest BCUT2D eigenvalue weighted by atomic mass is 10.1. The molecule has 0 bridgehead atoms. The maximum atomic E-state index is 12.7. The molecule has 0 N–H and O–H groups in total. The number of esters is 1. The first kappa shape index (κ1) is 23.1. The Hall–Kier alpha value is -3.55. The predicted octanol–water partition coefficient (Wildman–Crippen LogP) is 3.04. The van der Waals surface area contributed by atoms with Crippen LogP contribution in [0.5, 0.6) is 11.5 Å². The van der Waals surface area contributed by atoms with E-state index in [1.165, 1.54) is 0 Å². The number of para-hydroxylation sites is 1. The highest BCUT2D eigenvalue weighted by atomic mass is 16.5. The Bertz CT molecular complexity index is 990. The molecule has 170 valence electrons. The predicted molar refractivity (Wildman–Crippen MR) is 119 cm³/mol. The summed E-state index contributed by atoms with van der Waals surface area (Å²) in [5.74, 6) is 0.220. The van der Waals surface area contributed by atoms with Crippen LogP contribution in [0.2, 0.25) is 0 Å². The monoisotopic (exact) mass is 440 g/mol. The summed E-state index contributed by atoms with van der Waals surface area (Å²) in [4.78, 5) is 40.7. The number of rotatable bonds is 9. The highest BCUT2D eigenvalue weighted by Gasteiger charge is 2.26. The number of hydrogen-bond donors (Lipinski definition) is 0. The second kappa shape index (κ2) is 10.7. The van der Waals surface area contributed by atoms with Crippen LogP contribution in [0, 0.1) is 0 Å². The fraction of sp³-hybridized carbons (Fsp3) is 0.375. The van der Waals surface area contributed by atoms with E-state index in [0.717, 1.165) is 12.0 Å². The first-order valence-corrected chi connectivity index (χ1v) is 10.5. The van der Waals surface area contributed by atoms with Crippen LogP contribution in [-0.2, 0) is 20.9 Å². The van der Waals surface area contributed by atoms with E-state index in [-0.39, 0.29) is 24.0 Å². The Labute approximate surface area is 187 Å². The SMILES string of the molecule is CCN(Cc1ccc(OC)c(OC)c1)C(=O)COC(=O)c1ccccc1N1CCCC1=O. The minimum atomic E-state index is -0.629. The molecule has 1 saturated heterocycles. The van der Waals surface area contributed by atoms with Gasteiger partial charge < -0.3 is 24.0 Å². The zero-order valence-corrected chi connectivity index (χ0v) is 18.6. The number of anilines is 1. The second-order valence-electron chi connectivity index (χ2n) is 7.34. The third-order valence-electron chi connectivity index (χ3n) is 5.37. The van der Waals surface area contributed by atoms with Crippen LogP contribution in [0.4, 0.5) is 5.69 Å². The van der Waals surface area contributed by atoms with Crippen LogP contribution >= 0.6 is 0 Å². The van der Waals surface area contributed by atoms with Gasteiger partial charge in [0.2, 0.25) is 5.91 Å². The van der Waals surface area contributed by atoms with Gasteiger partial charge in [0.15, 0.2) is 18.1 Å². The van der Waals surface area contributed by atoms with E-state index >= 15 is 0 Å². The fourth-order valence-corrected chi connectivity index (χ4v) is 3.66. The number of methoxy groups -OCH3 is 2. The number of likely N-dealkylation sites (N-methyl/N-ethyl adjacent to an activating group) is 1. The van der Waals surface area contributed by atoms with Crippen LogP contribution in [0.25, 0.3) is 0 Å². The van der Waals surface area contributed by atoms with Gasteiger partial charge in [-0.2, -0.15) is 0 Å². The first-order chi connectivity index (χ1) is 15.5. The van der Waals surface area contributed by atoms with Gasteiger partial charge in [-0.1, -0.05) is 18.2 Å². The molecule has 2 aromatic carbocycles. The van der Waals surface area contributed by atoms with Crippen LogP contribution in [0.3, 0.4) is 0 Å². The Kier molecular flexibility index (Phi) is 7.70. The fourth-order valence-electron chi connectivity index (χ4n) is 3.66. The molecule has 8 heteroatoms. The quantitative estimate of drug-likeness (QED) is 0.557. The molecule has 8 nitrogen and oxygen atoms in total. The van der Waals surface area contributed by atoms with E-state index in [9.17, 15) is 14.4 Å². The van der Waals surface area contributed by atoms with Crippen molar-refractivity contribution < 1.29 is 28.6 Å². The lowest BCUT2D eigenvalue weighted by Crippen LogP contribution is -2.34. The second-order valence-corrected chi connectivity index (χ2v) is 7.34. The molecule has 2 aromatic rings. The van der Waals surface area contributed by atoms with E-state index in [1.54, 1.807) is 54.4 Å². The van der Waals surface area contributed by atoms with Gasteiger partial charge in [-0.05, 0) is 43.2 Å². The van der Waals surface area contributed by atoms with Gasteiger partial charge in [-0.25, -0.2) is 4.79 Å². The molecule has 2 amide bonds. The van der Waals surface area contributed by atoms with Crippen LogP contribution in [-0.4, -0.2) is 56.6 Å². The molecule has 0 unspecified atom stereocenters. The highest BCUT2D eigenvalue weighted by molar-refractivity contribution is 6.03. The molecule has 0 radical (unpaired) electrons. The average Bonchev–Trinajstić information content (AvgIpc) is 3.26. The molecule has 1 fully saturated rings. The van der Waals surface area contributed by atoms with Gasteiger partial charge in [-0.15, -0.1) is 0 Å². The van der Waals surface area contributed by atoms with Gasteiger partial charge in [0.25, 0.3) is 5.91 Å². The van der Waals surface area contributed by atoms with E-state index in [1.807, 2.05) is 19.1 Å². The third-order valence-corrected chi connectivity index (χ3v) is 5.37. The van der Waals surface area contributed by atoms with E-state index in [2.05, 4.69) is 0 Å². The summed E-state index contributed by atoms with van der Waals surface area (Å²) < 4.78 is 15.9. The van der Waals surface area contributed by atoms with Crippen molar-refractivity contribution in [3.8, 4) is 11.5 Å². The van der Waals surface area contributed by atoms with Crippen LogP contribution in [0.1, 0.15) is 35.7 Å². The Morgan fingerprint density at radius 2 is 1.81 bits per heavy atom. The van der Waals surface area contributed by atoms with Crippen LogP contribution in [0.15, 0.2) is 42.5 Å². The summed E-state index contributed by atoms with van der Waals surface area (Å²) in [6, 6.07) is 12.2. The number of carbonyl (C=O) groups excluding carboxylic acids is 3. The molecular weight excluding hydrogens is 412 g/mol. The standard InChI is InChI=1S/C24H28N2O6/c1-4-25(15-17-11-12-20(30-2)21(14-17)31-3)23(28)16-32-24(29)18-8-5-6-9-19(18)26-13-7-10-22(26)27/h5-6,8-9,11-12,14H,4,7,10,13,15-16H2,1-3H3. The molecule has 1 aliphatic heterocycles. The molecular formula is C24H28N2O6. The van der Waals surface area contributed by atoms with Crippen molar-refractivity contribution in [2.24, 2.45) is 0 Å². The summed E-state index contributed by atoms with van der Waals surface area (Å²) in [6.45, 7) is 2.82. The van der Waals surface area contributed by atoms with Gasteiger partial charge in [0, 0.05) is 26.1 Å². The minimum absolute atomic E-state index is 0.0200. The molecule has 0 aromatic heterocycles. The number of carbonyl (C=O) groups is 3. The summed E-state index contributed by atoms with van der Waals surface area (Å²) in [5.41, 5.74) is 1.66. The van der Waals surface area contributed by atoms with E-state index < -0.39 is 5.97 Å².